The van der Waals surface area contributed by atoms with Gasteiger partial charge in [-0.25, -0.2) is 4.79 Å². The third kappa shape index (κ3) is 5.91. The van der Waals surface area contributed by atoms with Crippen LogP contribution in [0, 0.1) is 10.1 Å². The Kier molecular flexibility index (Phi) is 7.77. The van der Waals surface area contributed by atoms with Gasteiger partial charge in [0.2, 0.25) is 0 Å². The third-order valence-electron chi connectivity index (χ3n) is 5.23. The lowest BCUT2D eigenvalue weighted by atomic mass is 10.0. The fourth-order valence-corrected chi connectivity index (χ4v) is 3.97. The highest BCUT2D eigenvalue weighted by atomic mass is 32.1. The summed E-state index contributed by atoms with van der Waals surface area (Å²) < 4.78 is 5.11. The van der Waals surface area contributed by atoms with E-state index in [-0.39, 0.29) is 17.8 Å². The smallest absolute Gasteiger partial charge is 0.409 e. The Labute approximate surface area is 186 Å². The van der Waals surface area contributed by atoms with E-state index in [1.807, 2.05) is 30.3 Å². The number of piperidine rings is 1. The van der Waals surface area contributed by atoms with Gasteiger partial charge in [0, 0.05) is 31.7 Å². The van der Waals surface area contributed by atoms with Crippen molar-refractivity contribution < 1.29 is 14.5 Å². The molecule has 0 radical (unpaired) electrons. The summed E-state index contributed by atoms with van der Waals surface area (Å²) in [6, 6.07) is 16.5. The lowest BCUT2D eigenvalue weighted by Crippen LogP contribution is -2.49. The maximum atomic E-state index is 12.0. The van der Waals surface area contributed by atoms with Gasteiger partial charge in [0.15, 0.2) is 5.11 Å². The van der Waals surface area contributed by atoms with E-state index in [0.717, 1.165) is 18.4 Å². The van der Waals surface area contributed by atoms with Crippen LogP contribution in [-0.2, 0) is 11.3 Å². The molecule has 2 aromatic rings. The van der Waals surface area contributed by atoms with Crippen LogP contribution in [0.3, 0.4) is 0 Å². The molecule has 2 aromatic carbocycles. The minimum absolute atomic E-state index is 0.0263. The minimum atomic E-state index is -0.426. The van der Waals surface area contributed by atoms with Crippen molar-refractivity contribution in [2.24, 2.45) is 0 Å². The van der Waals surface area contributed by atoms with Crippen LogP contribution in [0.4, 0.5) is 16.2 Å². The molecule has 1 saturated heterocycles. The Morgan fingerprint density at radius 1 is 1.19 bits per heavy atom. The Balaban J connectivity index is 1.76. The van der Waals surface area contributed by atoms with Crippen LogP contribution in [0.2, 0.25) is 0 Å². The van der Waals surface area contributed by atoms with Crippen LogP contribution in [0.5, 0.6) is 0 Å². The number of carbonyl (C=O) groups excluding carboxylic acids is 1. The monoisotopic (exact) mass is 442 g/mol. The summed E-state index contributed by atoms with van der Waals surface area (Å²) in [7, 11) is 0. The van der Waals surface area contributed by atoms with Crippen LogP contribution < -0.4 is 5.32 Å². The summed E-state index contributed by atoms with van der Waals surface area (Å²) in [6.07, 6.45) is 1.16. The van der Waals surface area contributed by atoms with Gasteiger partial charge >= 0.3 is 6.09 Å². The number of rotatable bonds is 6. The molecule has 9 heteroatoms. The number of hydrogen-bond acceptors (Lipinski definition) is 5. The molecule has 0 aliphatic carbocycles. The van der Waals surface area contributed by atoms with Gasteiger partial charge in [-0.2, -0.15) is 0 Å². The van der Waals surface area contributed by atoms with E-state index >= 15 is 0 Å². The summed E-state index contributed by atoms with van der Waals surface area (Å²) in [5.74, 6) is 0. The number of likely N-dealkylation sites (tertiary alicyclic amines) is 1. The van der Waals surface area contributed by atoms with Crippen LogP contribution in [0.1, 0.15) is 25.3 Å². The molecule has 8 nitrogen and oxygen atoms in total. The second-order valence-electron chi connectivity index (χ2n) is 7.24. The topological polar surface area (TPSA) is 88.0 Å². The molecule has 1 fully saturated rings. The quantitative estimate of drug-likeness (QED) is 0.403. The molecule has 1 heterocycles. The van der Waals surface area contributed by atoms with Gasteiger partial charge in [-0.1, -0.05) is 42.5 Å². The van der Waals surface area contributed by atoms with Crippen LogP contribution in [0.15, 0.2) is 54.6 Å². The van der Waals surface area contributed by atoms with Gasteiger partial charge in [0.25, 0.3) is 5.69 Å². The van der Waals surface area contributed by atoms with E-state index in [1.54, 1.807) is 30.0 Å². The summed E-state index contributed by atoms with van der Waals surface area (Å²) in [6.45, 7) is 3.85. The number of nitro groups is 1. The molecule has 1 N–H and O–H groups in total. The van der Waals surface area contributed by atoms with Crippen LogP contribution in [0.25, 0.3) is 0 Å². The first-order valence-electron chi connectivity index (χ1n) is 10.3. The normalized spacial score (nSPS) is 14.0. The average Bonchev–Trinajstić information content (AvgIpc) is 2.78. The predicted octanol–water partition coefficient (Wildman–Crippen LogP) is 4.41. The number of thiocarbonyl (C=S) groups is 1. The minimum Gasteiger partial charge on any atom is -0.450 e. The molecule has 1 aliphatic rings. The van der Waals surface area contributed by atoms with Crippen LogP contribution >= 0.6 is 12.2 Å². The summed E-state index contributed by atoms with van der Waals surface area (Å²) in [5, 5.41) is 14.9. The molecular formula is C22H26N4O4S. The molecule has 0 unspecified atom stereocenters. The van der Waals surface area contributed by atoms with E-state index in [9.17, 15) is 14.9 Å². The van der Waals surface area contributed by atoms with Gasteiger partial charge in [-0.3, -0.25) is 10.1 Å². The SMILES string of the molecule is CCOC(=O)N1CCC(N(Cc2ccccc2)C(=S)Nc2ccccc2[N+](=O)[O-])CC1. The zero-order valence-corrected chi connectivity index (χ0v) is 18.2. The van der Waals surface area contributed by atoms with E-state index in [4.69, 9.17) is 17.0 Å². The lowest BCUT2D eigenvalue weighted by Gasteiger charge is -2.39. The number of hydrogen-bond donors (Lipinski definition) is 1. The number of nitro benzene ring substituents is 1. The van der Waals surface area contributed by atoms with E-state index < -0.39 is 4.92 Å². The number of para-hydroxylation sites is 2. The summed E-state index contributed by atoms with van der Waals surface area (Å²) >= 11 is 5.69. The number of amides is 1. The second kappa shape index (κ2) is 10.7. The third-order valence-corrected chi connectivity index (χ3v) is 5.57. The fraction of sp³-hybridized carbons (Fsp3) is 0.364. The molecule has 1 aliphatic heterocycles. The highest BCUT2D eigenvalue weighted by Gasteiger charge is 2.29. The van der Waals surface area contributed by atoms with Gasteiger partial charge < -0.3 is 19.9 Å². The zero-order valence-electron chi connectivity index (χ0n) is 17.4. The first kappa shape index (κ1) is 22.5. The van der Waals surface area contributed by atoms with E-state index in [0.29, 0.717) is 37.0 Å². The summed E-state index contributed by atoms with van der Waals surface area (Å²) in [5.41, 5.74) is 1.42. The Bertz CT molecular complexity index is 917. The van der Waals surface area contributed by atoms with Gasteiger partial charge in [0.1, 0.15) is 5.69 Å². The highest BCUT2D eigenvalue weighted by Crippen LogP contribution is 2.26. The molecule has 3 rings (SSSR count). The largest absolute Gasteiger partial charge is 0.450 e. The number of nitrogens with zero attached hydrogens (tertiary/aromatic N) is 3. The van der Waals surface area contributed by atoms with Crippen molar-refractivity contribution in [3.63, 3.8) is 0 Å². The van der Waals surface area contributed by atoms with Crippen molar-refractivity contribution in [1.29, 1.82) is 0 Å². The van der Waals surface area contributed by atoms with Crippen molar-refractivity contribution >= 4 is 34.8 Å². The van der Waals surface area contributed by atoms with Gasteiger partial charge in [0.05, 0.1) is 11.5 Å². The lowest BCUT2D eigenvalue weighted by molar-refractivity contribution is -0.383. The van der Waals surface area contributed by atoms with Crippen molar-refractivity contribution in [3.05, 3.63) is 70.3 Å². The second-order valence-corrected chi connectivity index (χ2v) is 7.62. The number of nitrogens with one attached hydrogen (secondary N) is 1. The standard InChI is InChI=1S/C22H26N4O4S/c1-2-30-22(27)24-14-12-18(13-15-24)25(16-17-8-4-3-5-9-17)21(31)23-19-10-6-7-11-20(19)26(28)29/h3-11,18H,2,12-16H2,1H3,(H,23,31). The van der Waals surface area contributed by atoms with Gasteiger partial charge in [-0.05, 0) is 43.6 Å². The van der Waals surface area contributed by atoms with Crippen molar-refractivity contribution in [3.8, 4) is 0 Å². The summed E-state index contributed by atoms with van der Waals surface area (Å²) in [4.78, 5) is 26.7. The first-order valence-corrected chi connectivity index (χ1v) is 10.7. The molecule has 31 heavy (non-hydrogen) atoms. The van der Waals surface area contributed by atoms with Crippen molar-refractivity contribution in [2.75, 3.05) is 25.0 Å². The molecule has 164 valence electrons. The number of carbonyl (C=O) groups is 1. The number of benzene rings is 2. The predicted molar refractivity (Wildman–Crippen MR) is 123 cm³/mol. The molecular weight excluding hydrogens is 416 g/mol. The molecule has 0 bridgehead atoms. The van der Waals surface area contributed by atoms with E-state index in [1.165, 1.54) is 6.07 Å². The zero-order chi connectivity index (χ0) is 22.2. The van der Waals surface area contributed by atoms with Gasteiger partial charge in [-0.15, -0.1) is 0 Å². The van der Waals surface area contributed by atoms with Crippen molar-refractivity contribution in [1.82, 2.24) is 9.80 Å². The van der Waals surface area contributed by atoms with E-state index in [2.05, 4.69) is 10.2 Å². The highest BCUT2D eigenvalue weighted by molar-refractivity contribution is 7.80. The molecule has 0 spiro atoms. The Morgan fingerprint density at radius 3 is 2.48 bits per heavy atom. The van der Waals surface area contributed by atoms with Crippen molar-refractivity contribution in [2.45, 2.75) is 32.4 Å². The number of ether oxygens (including phenoxy) is 1. The molecule has 0 aromatic heterocycles. The maximum Gasteiger partial charge on any atom is 0.409 e. The molecule has 0 saturated carbocycles. The Hall–Kier alpha value is -3.20. The maximum absolute atomic E-state index is 12.0. The van der Waals surface area contributed by atoms with Crippen LogP contribution in [-0.4, -0.2) is 51.7 Å². The molecule has 0 atom stereocenters. The number of anilines is 1. The average molecular weight is 443 g/mol. The molecule has 1 amide bonds. The fourth-order valence-electron chi connectivity index (χ4n) is 3.65. The first-order chi connectivity index (χ1) is 15.0. The Morgan fingerprint density at radius 2 is 1.84 bits per heavy atom.